The number of rotatable bonds is 2. The van der Waals surface area contributed by atoms with Gasteiger partial charge in [-0.15, -0.1) is 0 Å². The van der Waals surface area contributed by atoms with Gasteiger partial charge in [0, 0.05) is 17.7 Å². The van der Waals surface area contributed by atoms with E-state index < -0.39 is 0 Å². The number of nitrogens with zero attached hydrogens (tertiary/aromatic N) is 1. The number of hydrogen-bond donors (Lipinski definition) is 0. The highest BCUT2D eigenvalue weighted by Gasteiger charge is 1.90. The lowest BCUT2D eigenvalue weighted by Crippen LogP contribution is -1.86. The average Bonchev–Trinajstić information content (AvgIpc) is 2.34. The molecular formula is C6H6BrNO. The summed E-state index contributed by atoms with van der Waals surface area (Å²) in [5, 5.41) is 0.799. The van der Waals surface area contributed by atoms with E-state index in [-0.39, 0.29) is 0 Å². The fourth-order valence-electron chi connectivity index (χ4n) is 0.604. The summed E-state index contributed by atoms with van der Waals surface area (Å²) in [5.41, 5.74) is 1.11. The highest BCUT2D eigenvalue weighted by atomic mass is 79.9. The van der Waals surface area contributed by atoms with Gasteiger partial charge in [0.25, 0.3) is 0 Å². The smallest absolute Gasteiger partial charge is 0.217 e. The summed E-state index contributed by atoms with van der Waals surface area (Å²) in [4.78, 5) is 10.1. The van der Waals surface area contributed by atoms with Gasteiger partial charge in [0.15, 0.2) is 0 Å². The van der Waals surface area contributed by atoms with E-state index in [0.717, 1.165) is 17.3 Å². The Morgan fingerprint density at radius 1 is 1.78 bits per heavy atom. The monoisotopic (exact) mass is 187 g/mol. The average molecular weight is 188 g/mol. The molecule has 0 unspecified atom stereocenters. The van der Waals surface area contributed by atoms with Gasteiger partial charge in [-0.25, -0.2) is 0 Å². The van der Waals surface area contributed by atoms with Crippen molar-refractivity contribution in [2.75, 3.05) is 0 Å². The molecule has 0 fully saturated rings. The molecule has 1 rings (SSSR count). The van der Waals surface area contributed by atoms with E-state index in [9.17, 15) is 4.79 Å². The molecule has 0 bridgehead atoms. The molecule has 0 N–H and O–H groups in total. The molecule has 0 aliphatic rings. The Labute approximate surface area is 61.6 Å². The van der Waals surface area contributed by atoms with Gasteiger partial charge in [-0.05, 0) is 11.6 Å². The first-order chi connectivity index (χ1) is 4.36. The van der Waals surface area contributed by atoms with Crippen molar-refractivity contribution in [3.63, 3.8) is 0 Å². The summed E-state index contributed by atoms with van der Waals surface area (Å²) in [5.74, 6) is 0. The van der Waals surface area contributed by atoms with Crippen molar-refractivity contribution in [3.8, 4) is 0 Å². The zero-order chi connectivity index (χ0) is 6.69. The van der Waals surface area contributed by atoms with Gasteiger partial charge in [0.2, 0.25) is 6.41 Å². The van der Waals surface area contributed by atoms with Gasteiger partial charge in [0.1, 0.15) is 0 Å². The molecule has 2 nitrogen and oxygen atoms in total. The minimum Gasteiger partial charge on any atom is -0.297 e. The van der Waals surface area contributed by atoms with Crippen LogP contribution in [0.5, 0.6) is 0 Å². The summed E-state index contributed by atoms with van der Waals surface area (Å²) in [6, 6.07) is 1.89. The summed E-state index contributed by atoms with van der Waals surface area (Å²) in [6.45, 7) is 0. The maximum atomic E-state index is 10.1. The van der Waals surface area contributed by atoms with Gasteiger partial charge in [-0.3, -0.25) is 9.36 Å². The molecule has 0 amide bonds. The lowest BCUT2D eigenvalue weighted by Gasteiger charge is -1.82. The Morgan fingerprint density at radius 2 is 2.56 bits per heavy atom. The van der Waals surface area contributed by atoms with Crippen LogP contribution in [-0.2, 0) is 10.1 Å². The maximum absolute atomic E-state index is 10.1. The molecule has 0 aromatic carbocycles. The third-order valence-electron chi connectivity index (χ3n) is 1.05. The van der Waals surface area contributed by atoms with Gasteiger partial charge >= 0.3 is 0 Å². The molecule has 0 aliphatic heterocycles. The molecule has 9 heavy (non-hydrogen) atoms. The third kappa shape index (κ3) is 1.42. The predicted molar refractivity (Wildman–Crippen MR) is 39.2 cm³/mol. The largest absolute Gasteiger partial charge is 0.297 e. The van der Waals surface area contributed by atoms with Crippen LogP contribution in [0.4, 0.5) is 0 Å². The second kappa shape index (κ2) is 2.82. The molecule has 0 atom stereocenters. The topological polar surface area (TPSA) is 22.0 Å². The highest BCUT2D eigenvalue weighted by Crippen LogP contribution is 2.03. The zero-order valence-corrected chi connectivity index (χ0v) is 6.34. The Balaban J connectivity index is 2.86. The van der Waals surface area contributed by atoms with Crippen molar-refractivity contribution >= 4 is 22.3 Å². The number of aromatic nitrogens is 1. The molecule has 1 aromatic rings. The first-order valence-electron chi connectivity index (χ1n) is 2.54. The van der Waals surface area contributed by atoms with E-state index >= 15 is 0 Å². The fraction of sp³-hybridized carbons (Fsp3) is 0.167. The molecule has 48 valence electrons. The molecule has 3 heteroatoms. The van der Waals surface area contributed by atoms with Crippen LogP contribution >= 0.6 is 15.9 Å². The van der Waals surface area contributed by atoms with Crippen molar-refractivity contribution in [2.45, 2.75) is 5.33 Å². The number of carbonyl (C=O) groups is 1. The second-order valence-electron chi connectivity index (χ2n) is 1.71. The maximum Gasteiger partial charge on any atom is 0.217 e. The number of alkyl halides is 1. The molecule has 0 radical (unpaired) electrons. The van der Waals surface area contributed by atoms with Crippen LogP contribution < -0.4 is 0 Å². The Kier molecular flexibility index (Phi) is 2.05. The van der Waals surface area contributed by atoms with Crippen molar-refractivity contribution in [1.29, 1.82) is 0 Å². The SMILES string of the molecule is O=Cn1ccc(CBr)c1. The third-order valence-corrected chi connectivity index (χ3v) is 1.70. The standard InChI is InChI=1S/C6H6BrNO/c7-3-6-1-2-8(4-6)5-9/h1-2,4-5H,3H2. The molecule has 1 aromatic heterocycles. The van der Waals surface area contributed by atoms with E-state index in [2.05, 4.69) is 15.9 Å². The van der Waals surface area contributed by atoms with E-state index in [1.54, 1.807) is 12.4 Å². The van der Waals surface area contributed by atoms with Crippen LogP contribution in [0, 0.1) is 0 Å². The first-order valence-corrected chi connectivity index (χ1v) is 3.66. The van der Waals surface area contributed by atoms with Crippen LogP contribution in [0.25, 0.3) is 0 Å². The van der Waals surface area contributed by atoms with E-state index in [1.807, 2.05) is 6.07 Å². The molecule has 0 spiro atoms. The van der Waals surface area contributed by atoms with Gasteiger partial charge in [0.05, 0.1) is 0 Å². The molecule has 1 heterocycles. The normalized spacial score (nSPS) is 9.44. The summed E-state index contributed by atoms with van der Waals surface area (Å²) < 4.78 is 1.48. The van der Waals surface area contributed by atoms with Crippen LogP contribution in [0.2, 0.25) is 0 Å². The van der Waals surface area contributed by atoms with Crippen LogP contribution in [0.1, 0.15) is 5.56 Å². The van der Waals surface area contributed by atoms with Gasteiger partial charge in [-0.1, -0.05) is 15.9 Å². The van der Waals surface area contributed by atoms with E-state index in [4.69, 9.17) is 0 Å². The Hall–Kier alpha value is -0.570. The summed E-state index contributed by atoms with van der Waals surface area (Å²) in [7, 11) is 0. The van der Waals surface area contributed by atoms with Gasteiger partial charge < -0.3 is 0 Å². The number of halogens is 1. The zero-order valence-electron chi connectivity index (χ0n) is 4.75. The van der Waals surface area contributed by atoms with Crippen LogP contribution in [0.15, 0.2) is 18.5 Å². The summed E-state index contributed by atoms with van der Waals surface area (Å²) in [6.07, 6.45) is 4.28. The lowest BCUT2D eigenvalue weighted by molar-refractivity contribution is 0.547. The molecular weight excluding hydrogens is 182 g/mol. The lowest BCUT2D eigenvalue weighted by atomic mass is 10.4. The minimum atomic E-state index is 0.770. The quantitative estimate of drug-likeness (QED) is 0.508. The first kappa shape index (κ1) is 6.55. The number of carbonyl (C=O) groups excluding carboxylic acids is 1. The minimum absolute atomic E-state index is 0.770. The van der Waals surface area contributed by atoms with E-state index in [1.165, 1.54) is 4.57 Å². The molecule has 0 aliphatic carbocycles. The fourth-order valence-corrected chi connectivity index (χ4v) is 0.936. The van der Waals surface area contributed by atoms with Crippen molar-refractivity contribution in [2.24, 2.45) is 0 Å². The molecule has 0 saturated heterocycles. The van der Waals surface area contributed by atoms with Crippen molar-refractivity contribution < 1.29 is 4.79 Å². The van der Waals surface area contributed by atoms with Gasteiger partial charge in [-0.2, -0.15) is 0 Å². The van der Waals surface area contributed by atoms with Crippen molar-refractivity contribution in [1.82, 2.24) is 4.57 Å². The Morgan fingerprint density at radius 3 is 2.89 bits per heavy atom. The molecule has 0 saturated carbocycles. The van der Waals surface area contributed by atoms with Crippen molar-refractivity contribution in [3.05, 3.63) is 24.0 Å². The Bertz CT molecular complexity index is 207. The second-order valence-corrected chi connectivity index (χ2v) is 2.27. The van der Waals surface area contributed by atoms with E-state index in [0.29, 0.717) is 0 Å². The van der Waals surface area contributed by atoms with Crippen LogP contribution in [-0.4, -0.2) is 11.0 Å². The van der Waals surface area contributed by atoms with Crippen LogP contribution in [0.3, 0.4) is 0 Å². The highest BCUT2D eigenvalue weighted by molar-refractivity contribution is 9.08. The number of hydrogen-bond acceptors (Lipinski definition) is 1. The predicted octanol–water partition coefficient (Wildman–Crippen LogP) is 1.42. The summed E-state index contributed by atoms with van der Waals surface area (Å²) >= 11 is 3.27.